The van der Waals surface area contributed by atoms with Crippen LogP contribution in [0.4, 0.5) is 0 Å². The van der Waals surface area contributed by atoms with E-state index in [-0.39, 0.29) is 0 Å². The smallest absolute Gasteiger partial charge is 0.00141 e. The second-order valence-corrected chi connectivity index (χ2v) is 6.61. The molecule has 0 aliphatic heterocycles. The van der Waals surface area contributed by atoms with Crippen molar-refractivity contribution < 1.29 is 0 Å². The summed E-state index contributed by atoms with van der Waals surface area (Å²) in [5, 5.41) is 7.44. The molecule has 0 heteroatoms. The zero-order chi connectivity index (χ0) is 19.0. The second kappa shape index (κ2) is 6.74. The molecule has 27 heavy (non-hydrogen) atoms. The van der Waals surface area contributed by atoms with E-state index in [4.69, 9.17) is 0 Å². The Balaban J connectivity index is 2.50. The third kappa shape index (κ3) is 2.38. The quantitative estimate of drug-likeness (QED) is 0.327. The van der Waals surface area contributed by atoms with Crippen LogP contribution in [0, 0.1) is 0 Å². The topological polar surface area (TPSA) is 0 Å². The van der Waals surface area contributed by atoms with E-state index in [1.807, 2.05) is 25.2 Å². The summed E-state index contributed by atoms with van der Waals surface area (Å²) in [6.07, 6.45) is 10.1. The van der Waals surface area contributed by atoms with Gasteiger partial charge < -0.3 is 0 Å². The minimum atomic E-state index is 1.10. The van der Waals surface area contributed by atoms with Crippen LogP contribution in [0.3, 0.4) is 0 Å². The molecule has 0 N–H and O–H groups in total. The van der Waals surface area contributed by atoms with Crippen molar-refractivity contribution in [2.45, 2.75) is 6.92 Å². The molecular weight excluding hydrogens is 324 g/mol. The van der Waals surface area contributed by atoms with Gasteiger partial charge in [-0.25, -0.2) is 0 Å². The Hall–Kier alpha value is -3.38. The Labute approximate surface area is 160 Å². The van der Waals surface area contributed by atoms with Crippen LogP contribution in [-0.2, 0) is 0 Å². The molecule has 4 aromatic carbocycles. The van der Waals surface area contributed by atoms with Gasteiger partial charge in [0.25, 0.3) is 0 Å². The number of hydrogen-bond acceptors (Lipinski definition) is 0. The Kier molecular flexibility index (Phi) is 4.25. The highest BCUT2D eigenvalue weighted by Crippen LogP contribution is 2.43. The van der Waals surface area contributed by atoms with Crippen molar-refractivity contribution in [3.8, 4) is 0 Å². The number of allylic oxidation sites excluding steroid dienone is 1. The van der Waals surface area contributed by atoms with Crippen LogP contribution in [0.1, 0.15) is 29.2 Å². The average Bonchev–Trinajstić information content (AvgIpc) is 2.73. The first-order valence-electron chi connectivity index (χ1n) is 9.19. The van der Waals surface area contributed by atoms with Gasteiger partial charge in [-0.05, 0) is 61.5 Å². The molecule has 0 bridgehead atoms. The molecule has 0 heterocycles. The summed E-state index contributed by atoms with van der Waals surface area (Å²) < 4.78 is 0. The molecule has 0 amide bonds. The molecule has 0 spiro atoms. The predicted molar refractivity (Wildman–Crippen MR) is 124 cm³/mol. The lowest BCUT2D eigenvalue weighted by molar-refractivity contribution is 1.61. The predicted octanol–water partition coefficient (Wildman–Crippen LogP) is 8.11. The Bertz CT molecular complexity index is 1270. The highest BCUT2D eigenvalue weighted by Gasteiger charge is 2.18. The van der Waals surface area contributed by atoms with E-state index in [0.29, 0.717) is 0 Å². The summed E-state index contributed by atoms with van der Waals surface area (Å²) in [5.41, 5.74) is 4.52. The summed E-state index contributed by atoms with van der Waals surface area (Å²) >= 11 is 0. The molecule has 0 radical (unpaired) electrons. The van der Waals surface area contributed by atoms with Gasteiger partial charge in [0.2, 0.25) is 0 Å². The van der Waals surface area contributed by atoms with E-state index >= 15 is 0 Å². The van der Waals surface area contributed by atoms with Crippen LogP contribution in [0.25, 0.3) is 56.6 Å². The van der Waals surface area contributed by atoms with Crippen LogP contribution in [0.15, 0.2) is 74.3 Å². The van der Waals surface area contributed by atoms with Crippen molar-refractivity contribution in [2.24, 2.45) is 0 Å². The van der Waals surface area contributed by atoms with E-state index in [1.165, 1.54) is 32.3 Å². The standard InChI is InChI=1S/C27H22/c1-5-13-21-18(6-2)19(7-3)26-24-16-11-9-14-22(24)23-15-10-12-17-25(23)27(26)20(21)8-4/h5-17H,2-4H2,1H3/b13-5-. The van der Waals surface area contributed by atoms with Crippen molar-refractivity contribution in [1.29, 1.82) is 0 Å². The van der Waals surface area contributed by atoms with Gasteiger partial charge in [-0.3, -0.25) is 0 Å². The lowest BCUT2D eigenvalue weighted by Crippen LogP contribution is -1.97. The van der Waals surface area contributed by atoms with Crippen LogP contribution in [0.5, 0.6) is 0 Å². The Morgan fingerprint density at radius 3 is 1.37 bits per heavy atom. The Morgan fingerprint density at radius 2 is 0.963 bits per heavy atom. The van der Waals surface area contributed by atoms with Crippen molar-refractivity contribution in [3.63, 3.8) is 0 Å². The van der Waals surface area contributed by atoms with Gasteiger partial charge in [0.1, 0.15) is 0 Å². The van der Waals surface area contributed by atoms with Crippen molar-refractivity contribution in [2.75, 3.05) is 0 Å². The summed E-state index contributed by atoms with van der Waals surface area (Å²) in [7, 11) is 0. The molecule has 0 unspecified atom stereocenters. The molecule has 0 saturated carbocycles. The largest absolute Gasteiger partial charge is 0.0984 e. The maximum atomic E-state index is 4.15. The Morgan fingerprint density at radius 1 is 0.556 bits per heavy atom. The summed E-state index contributed by atoms with van der Waals surface area (Å²) in [6.45, 7) is 14.4. The molecule has 0 nitrogen and oxygen atoms in total. The zero-order valence-corrected chi connectivity index (χ0v) is 15.6. The van der Waals surface area contributed by atoms with Gasteiger partial charge in [-0.2, -0.15) is 0 Å². The molecule has 0 aliphatic rings. The molecule has 0 fully saturated rings. The highest BCUT2D eigenvalue weighted by atomic mass is 14.2. The van der Waals surface area contributed by atoms with Crippen LogP contribution < -0.4 is 0 Å². The van der Waals surface area contributed by atoms with Crippen molar-refractivity contribution >= 4 is 56.6 Å². The minimum Gasteiger partial charge on any atom is -0.0984 e. The molecule has 0 atom stereocenters. The SMILES string of the molecule is C=Cc1c(/C=C\C)c(C=C)c2c3ccccc3c3ccccc3c2c1C=C. The first-order chi connectivity index (χ1) is 13.3. The molecular formula is C27H22. The van der Waals surface area contributed by atoms with Crippen LogP contribution in [0.2, 0.25) is 0 Å². The average molecular weight is 346 g/mol. The molecule has 0 aliphatic carbocycles. The first-order valence-corrected chi connectivity index (χ1v) is 9.19. The lowest BCUT2D eigenvalue weighted by atomic mass is 9.83. The van der Waals surface area contributed by atoms with Crippen LogP contribution in [-0.4, -0.2) is 0 Å². The number of hydrogen-bond donors (Lipinski definition) is 0. The summed E-state index contributed by atoms with van der Waals surface area (Å²) in [5.74, 6) is 0. The molecule has 0 aromatic heterocycles. The molecule has 4 rings (SSSR count). The normalized spacial score (nSPS) is 11.4. The molecule has 4 aromatic rings. The van der Waals surface area contributed by atoms with Gasteiger partial charge in [0.15, 0.2) is 0 Å². The maximum Gasteiger partial charge on any atom is -0.00141 e. The van der Waals surface area contributed by atoms with Gasteiger partial charge in [0, 0.05) is 0 Å². The fourth-order valence-electron chi connectivity index (χ4n) is 4.25. The van der Waals surface area contributed by atoms with E-state index in [1.54, 1.807) is 0 Å². The summed E-state index contributed by atoms with van der Waals surface area (Å²) in [6, 6.07) is 17.2. The van der Waals surface area contributed by atoms with E-state index < -0.39 is 0 Å². The highest BCUT2D eigenvalue weighted by molar-refractivity contribution is 6.29. The van der Waals surface area contributed by atoms with Gasteiger partial charge in [-0.1, -0.05) is 98.6 Å². The lowest BCUT2D eigenvalue weighted by Gasteiger charge is -2.20. The van der Waals surface area contributed by atoms with Gasteiger partial charge in [-0.15, -0.1) is 0 Å². The first kappa shape index (κ1) is 17.1. The minimum absolute atomic E-state index is 1.10. The van der Waals surface area contributed by atoms with E-state index in [9.17, 15) is 0 Å². The monoisotopic (exact) mass is 346 g/mol. The fourth-order valence-corrected chi connectivity index (χ4v) is 4.25. The number of fused-ring (bicyclic) bond motifs is 6. The second-order valence-electron chi connectivity index (χ2n) is 6.61. The fraction of sp³-hybridized carbons (Fsp3) is 0.0370. The van der Waals surface area contributed by atoms with Crippen molar-refractivity contribution in [3.05, 3.63) is 96.6 Å². The summed E-state index contributed by atoms with van der Waals surface area (Å²) in [4.78, 5) is 0. The van der Waals surface area contributed by atoms with Crippen molar-refractivity contribution in [1.82, 2.24) is 0 Å². The molecule has 130 valence electrons. The van der Waals surface area contributed by atoms with Crippen LogP contribution >= 0.6 is 0 Å². The maximum absolute atomic E-state index is 4.15. The third-order valence-electron chi connectivity index (χ3n) is 5.29. The van der Waals surface area contributed by atoms with E-state index in [2.05, 4.69) is 80.4 Å². The number of rotatable bonds is 4. The van der Waals surface area contributed by atoms with E-state index in [0.717, 1.165) is 22.3 Å². The molecule has 0 saturated heterocycles. The third-order valence-corrected chi connectivity index (χ3v) is 5.29. The number of benzene rings is 4. The van der Waals surface area contributed by atoms with Gasteiger partial charge >= 0.3 is 0 Å². The zero-order valence-electron chi connectivity index (χ0n) is 15.6. The van der Waals surface area contributed by atoms with Gasteiger partial charge in [0.05, 0.1) is 0 Å².